The average Bonchev–Trinajstić information content (AvgIpc) is 3.11. The van der Waals surface area contributed by atoms with Crippen molar-refractivity contribution in [2.45, 2.75) is 70.2 Å². The van der Waals surface area contributed by atoms with Gasteiger partial charge in [-0.15, -0.1) is 0 Å². The Morgan fingerprint density at radius 2 is 2.10 bits per heavy atom. The first-order valence-corrected chi connectivity index (χ1v) is 11.2. The summed E-state index contributed by atoms with van der Waals surface area (Å²) in [5.41, 5.74) is 3.96. The van der Waals surface area contributed by atoms with Crippen LogP contribution in [0.1, 0.15) is 56.5 Å². The lowest BCUT2D eigenvalue weighted by Crippen LogP contribution is -2.26. The molecule has 1 saturated carbocycles. The predicted molar refractivity (Wildman–Crippen MR) is 123 cm³/mol. The van der Waals surface area contributed by atoms with Crippen molar-refractivity contribution < 1.29 is 10.2 Å². The fourth-order valence-electron chi connectivity index (χ4n) is 4.74. The van der Waals surface area contributed by atoms with Gasteiger partial charge in [-0.05, 0) is 63.6 Å². The van der Waals surface area contributed by atoms with Crippen LogP contribution >= 0.6 is 0 Å². The van der Waals surface area contributed by atoms with E-state index in [2.05, 4.69) is 22.0 Å². The van der Waals surface area contributed by atoms with Crippen molar-refractivity contribution in [3.05, 3.63) is 58.3 Å². The Balaban J connectivity index is 1.87. The van der Waals surface area contributed by atoms with Crippen LogP contribution in [0.25, 0.3) is 11.0 Å². The third-order valence-electron chi connectivity index (χ3n) is 6.32. The molecule has 31 heavy (non-hydrogen) atoms. The lowest BCUT2D eigenvalue weighted by Gasteiger charge is -2.29. The molecule has 0 saturated heterocycles. The highest BCUT2D eigenvalue weighted by atomic mass is 16.3. The molecule has 2 heterocycles. The van der Waals surface area contributed by atoms with Crippen LogP contribution in [0.4, 0.5) is 5.69 Å². The summed E-state index contributed by atoms with van der Waals surface area (Å²) in [5.74, 6) is 0.828. The summed E-state index contributed by atoms with van der Waals surface area (Å²) in [6, 6.07) is 9.45. The minimum Gasteiger partial charge on any atom is -0.393 e. The SMILES string of the molecule is CNc1ccc2c(nc(Cn3ccccc3=O)n2C2CCCC(O)C2)c1CCC(C)O. The molecule has 0 radical (unpaired) electrons. The number of aliphatic hydroxyl groups excluding tert-OH is 2. The summed E-state index contributed by atoms with van der Waals surface area (Å²) in [5, 5.41) is 23.4. The summed E-state index contributed by atoms with van der Waals surface area (Å²) < 4.78 is 3.91. The van der Waals surface area contributed by atoms with Gasteiger partial charge in [-0.3, -0.25) is 4.79 Å². The van der Waals surface area contributed by atoms with E-state index in [4.69, 9.17) is 4.98 Å². The number of aryl methyl sites for hydroxylation is 1. The maximum Gasteiger partial charge on any atom is 0.250 e. The fraction of sp³-hybridized carbons (Fsp3) is 0.500. The number of imidazole rings is 1. The van der Waals surface area contributed by atoms with E-state index in [-0.39, 0.29) is 17.7 Å². The number of rotatable bonds is 7. The summed E-state index contributed by atoms with van der Waals surface area (Å²) >= 11 is 0. The zero-order valence-electron chi connectivity index (χ0n) is 18.3. The van der Waals surface area contributed by atoms with Gasteiger partial charge in [0.25, 0.3) is 5.56 Å². The van der Waals surface area contributed by atoms with E-state index in [1.54, 1.807) is 29.8 Å². The van der Waals surface area contributed by atoms with E-state index in [9.17, 15) is 15.0 Å². The number of fused-ring (bicyclic) bond motifs is 1. The molecule has 0 amide bonds. The first-order chi connectivity index (χ1) is 15.0. The first kappa shape index (κ1) is 21.6. The Hall–Kier alpha value is -2.64. The molecule has 1 aliphatic rings. The minimum absolute atomic E-state index is 0.0602. The van der Waals surface area contributed by atoms with E-state index in [1.807, 2.05) is 13.1 Å². The molecule has 7 nitrogen and oxygen atoms in total. The van der Waals surface area contributed by atoms with Crippen LogP contribution in [-0.2, 0) is 13.0 Å². The van der Waals surface area contributed by atoms with Crippen LogP contribution in [-0.4, -0.2) is 43.6 Å². The molecule has 166 valence electrons. The molecule has 4 rings (SSSR count). The summed E-state index contributed by atoms with van der Waals surface area (Å²) in [4.78, 5) is 17.4. The van der Waals surface area contributed by atoms with Gasteiger partial charge < -0.3 is 24.7 Å². The van der Waals surface area contributed by atoms with Gasteiger partial charge in [-0.1, -0.05) is 6.07 Å². The smallest absolute Gasteiger partial charge is 0.250 e. The normalized spacial score (nSPS) is 20.1. The number of hydrogen-bond acceptors (Lipinski definition) is 5. The van der Waals surface area contributed by atoms with Crippen LogP contribution in [0, 0.1) is 0 Å². The Kier molecular flexibility index (Phi) is 6.43. The standard InChI is InChI=1S/C24H32N4O3/c1-16(29)9-10-19-20(25-2)11-12-21-24(19)26-22(15-27-13-4-3-8-23(27)31)28(21)17-6-5-7-18(30)14-17/h3-4,8,11-13,16-18,25,29-30H,5-7,9-10,14-15H2,1-2H3. The van der Waals surface area contributed by atoms with Crippen molar-refractivity contribution in [3.63, 3.8) is 0 Å². The van der Waals surface area contributed by atoms with Crippen molar-refractivity contribution in [3.8, 4) is 0 Å². The molecule has 7 heteroatoms. The number of aromatic nitrogens is 3. The van der Waals surface area contributed by atoms with Crippen molar-refractivity contribution in [2.75, 3.05) is 12.4 Å². The third-order valence-corrected chi connectivity index (χ3v) is 6.32. The predicted octanol–water partition coefficient (Wildman–Crippen LogP) is 3.08. The first-order valence-electron chi connectivity index (χ1n) is 11.2. The van der Waals surface area contributed by atoms with Crippen molar-refractivity contribution >= 4 is 16.7 Å². The van der Waals surface area contributed by atoms with E-state index in [1.165, 1.54) is 0 Å². The topological polar surface area (TPSA) is 92.3 Å². The second-order valence-corrected chi connectivity index (χ2v) is 8.64. The van der Waals surface area contributed by atoms with Crippen LogP contribution in [0.2, 0.25) is 0 Å². The van der Waals surface area contributed by atoms with E-state index in [0.29, 0.717) is 25.8 Å². The van der Waals surface area contributed by atoms with Gasteiger partial charge >= 0.3 is 0 Å². The summed E-state index contributed by atoms with van der Waals surface area (Å²) in [7, 11) is 1.89. The molecule has 1 aliphatic carbocycles. The monoisotopic (exact) mass is 424 g/mol. The maximum atomic E-state index is 12.4. The zero-order chi connectivity index (χ0) is 22.0. The number of benzene rings is 1. The van der Waals surface area contributed by atoms with Crippen LogP contribution in [0.3, 0.4) is 0 Å². The summed E-state index contributed by atoms with van der Waals surface area (Å²) in [6.07, 6.45) is 5.92. The molecule has 3 N–H and O–H groups in total. The number of anilines is 1. The van der Waals surface area contributed by atoms with Gasteiger partial charge in [0.15, 0.2) is 0 Å². The van der Waals surface area contributed by atoms with E-state index < -0.39 is 6.10 Å². The lowest BCUT2D eigenvalue weighted by atomic mass is 9.92. The number of nitrogens with zero attached hydrogens (tertiary/aromatic N) is 3. The number of pyridine rings is 1. The number of nitrogens with one attached hydrogen (secondary N) is 1. The van der Waals surface area contributed by atoms with Gasteiger partial charge in [0, 0.05) is 36.6 Å². The Bertz CT molecular complexity index is 1100. The molecule has 0 bridgehead atoms. The van der Waals surface area contributed by atoms with Crippen molar-refractivity contribution in [1.29, 1.82) is 0 Å². The largest absolute Gasteiger partial charge is 0.393 e. The summed E-state index contributed by atoms with van der Waals surface area (Å²) in [6.45, 7) is 2.18. The highest BCUT2D eigenvalue weighted by molar-refractivity contribution is 5.85. The number of hydrogen-bond donors (Lipinski definition) is 3. The second kappa shape index (κ2) is 9.24. The molecule has 0 aliphatic heterocycles. The Morgan fingerprint density at radius 3 is 2.81 bits per heavy atom. The van der Waals surface area contributed by atoms with Gasteiger partial charge in [-0.2, -0.15) is 0 Å². The molecule has 1 fully saturated rings. The molecular weight excluding hydrogens is 392 g/mol. The van der Waals surface area contributed by atoms with Gasteiger partial charge in [0.1, 0.15) is 5.82 Å². The zero-order valence-corrected chi connectivity index (χ0v) is 18.3. The lowest BCUT2D eigenvalue weighted by molar-refractivity contribution is 0.104. The molecule has 3 unspecified atom stereocenters. The van der Waals surface area contributed by atoms with E-state index >= 15 is 0 Å². The molecule has 3 aromatic rings. The van der Waals surface area contributed by atoms with Crippen LogP contribution < -0.4 is 10.9 Å². The second-order valence-electron chi connectivity index (χ2n) is 8.64. The van der Waals surface area contributed by atoms with Gasteiger partial charge in [0.05, 0.1) is 29.8 Å². The Morgan fingerprint density at radius 1 is 1.26 bits per heavy atom. The molecule has 0 spiro atoms. The van der Waals surface area contributed by atoms with Gasteiger partial charge in [0.2, 0.25) is 0 Å². The Labute approximate surface area is 182 Å². The van der Waals surface area contributed by atoms with Crippen molar-refractivity contribution in [2.24, 2.45) is 0 Å². The third kappa shape index (κ3) is 4.52. The van der Waals surface area contributed by atoms with Crippen LogP contribution in [0.5, 0.6) is 0 Å². The van der Waals surface area contributed by atoms with Crippen molar-refractivity contribution in [1.82, 2.24) is 14.1 Å². The quantitative estimate of drug-likeness (QED) is 0.542. The fourth-order valence-corrected chi connectivity index (χ4v) is 4.74. The maximum absolute atomic E-state index is 12.4. The molecule has 2 aromatic heterocycles. The van der Waals surface area contributed by atoms with Gasteiger partial charge in [-0.25, -0.2) is 4.98 Å². The molecular formula is C24H32N4O3. The van der Waals surface area contributed by atoms with E-state index in [0.717, 1.165) is 47.4 Å². The highest BCUT2D eigenvalue weighted by Crippen LogP contribution is 2.36. The highest BCUT2D eigenvalue weighted by Gasteiger charge is 2.27. The number of aliphatic hydroxyl groups is 2. The minimum atomic E-state index is -0.391. The molecule has 1 aromatic carbocycles. The molecule has 3 atom stereocenters. The average molecular weight is 425 g/mol. The van der Waals surface area contributed by atoms with Crippen LogP contribution in [0.15, 0.2) is 41.3 Å².